The highest BCUT2D eigenvalue weighted by Gasteiger charge is 2.08. The van der Waals surface area contributed by atoms with Gasteiger partial charge in [-0.05, 0) is 31.5 Å². The van der Waals surface area contributed by atoms with Gasteiger partial charge in [-0.15, -0.1) is 0 Å². The molecule has 4 nitrogen and oxygen atoms in total. The normalized spacial score (nSPS) is 12.2. The number of nitrogen functional groups attached to an aromatic ring is 1. The minimum atomic E-state index is 0.158. The molecule has 0 spiro atoms. The van der Waals surface area contributed by atoms with Gasteiger partial charge >= 0.3 is 0 Å². The SMILES string of the molecule is Cc1cnc(N)nc1NC(C)c1ccc(Br)cc1. The number of anilines is 2. The fraction of sp³-hybridized carbons (Fsp3) is 0.231. The third-order valence-electron chi connectivity index (χ3n) is 2.71. The van der Waals surface area contributed by atoms with Crippen molar-refractivity contribution in [1.82, 2.24) is 9.97 Å². The lowest BCUT2D eigenvalue weighted by Gasteiger charge is -2.16. The maximum atomic E-state index is 5.59. The van der Waals surface area contributed by atoms with E-state index in [4.69, 9.17) is 5.73 Å². The molecule has 0 bridgehead atoms. The Morgan fingerprint density at radius 2 is 1.94 bits per heavy atom. The highest BCUT2D eigenvalue weighted by atomic mass is 79.9. The molecule has 0 amide bonds. The molecule has 0 aliphatic heterocycles. The van der Waals surface area contributed by atoms with Crippen LogP contribution in [0.4, 0.5) is 11.8 Å². The second-order valence-electron chi connectivity index (χ2n) is 4.18. The van der Waals surface area contributed by atoms with E-state index in [1.165, 1.54) is 5.56 Å². The molecule has 1 aromatic carbocycles. The summed E-state index contributed by atoms with van der Waals surface area (Å²) < 4.78 is 1.07. The van der Waals surface area contributed by atoms with Crippen molar-refractivity contribution in [2.75, 3.05) is 11.1 Å². The van der Waals surface area contributed by atoms with E-state index >= 15 is 0 Å². The molecule has 2 rings (SSSR count). The minimum absolute atomic E-state index is 0.158. The molecule has 1 unspecified atom stereocenters. The molecule has 1 heterocycles. The summed E-state index contributed by atoms with van der Waals surface area (Å²) >= 11 is 3.42. The zero-order chi connectivity index (χ0) is 13.1. The van der Waals surface area contributed by atoms with E-state index in [1.54, 1.807) is 6.20 Å². The Labute approximate surface area is 115 Å². The number of rotatable bonds is 3. The summed E-state index contributed by atoms with van der Waals surface area (Å²) in [6, 6.07) is 8.35. The van der Waals surface area contributed by atoms with Gasteiger partial charge in [0.05, 0.1) is 0 Å². The van der Waals surface area contributed by atoms with Crippen LogP contribution in [0.3, 0.4) is 0 Å². The van der Waals surface area contributed by atoms with E-state index in [1.807, 2.05) is 19.1 Å². The van der Waals surface area contributed by atoms with Crippen molar-refractivity contribution in [3.05, 3.63) is 46.1 Å². The molecular formula is C13H15BrN4. The highest BCUT2D eigenvalue weighted by molar-refractivity contribution is 9.10. The van der Waals surface area contributed by atoms with Crippen LogP contribution in [0.15, 0.2) is 34.9 Å². The average molecular weight is 307 g/mol. The fourth-order valence-corrected chi connectivity index (χ4v) is 1.91. The number of nitrogens with one attached hydrogen (secondary N) is 1. The molecule has 94 valence electrons. The van der Waals surface area contributed by atoms with Crippen molar-refractivity contribution in [3.8, 4) is 0 Å². The summed E-state index contributed by atoms with van der Waals surface area (Å²) in [7, 11) is 0. The maximum absolute atomic E-state index is 5.59. The molecule has 1 atom stereocenters. The number of hydrogen-bond donors (Lipinski definition) is 2. The van der Waals surface area contributed by atoms with Gasteiger partial charge in [0, 0.05) is 22.3 Å². The molecule has 18 heavy (non-hydrogen) atoms. The maximum Gasteiger partial charge on any atom is 0.221 e. The summed E-state index contributed by atoms with van der Waals surface area (Å²) in [5.74, 6) is 1.06. The van der Waals surface area contributed by atoms with Crippen LogP contribution >= 0.6 is 15.9 Å². The van der Waals surface area contributed by atoms with Crippen molar-refractivity contribution in [2.45, 2.75) is 19.9 Å². The van der Waals surface area contributed by atoms with Crippen molar-refractivity contribution < 1.29 is 0 Å². The van der Waals surface area contributed by atoms with Crippen LogP contribution in [-0.2, 0) is 0 Å². The minimum Gasteiger partial charge on any atom is -0.368 e. The van der Waals surface area contributed by atoms with Gasteiger partial charge in [0.2, 0.25) is 5.95 Å². The standard InChI is InChI=1S/C13H15BrN4/c1-8-7-16-13(15)18-12(8)17-9(2)10-3-5-11(14)6-4-10/h3-7,9H,1-2H3,(H3,15,16,17,18). The van der Waals surface area contributed by atoms with Gasteiger partial charge in [-0.3, -0.25) is 0 Å². The van der Waals surface area contributed by atoms with Crippen LogP contribution in [0, 0.1) is 6.92 Å². The monoisotopic (exact) mass is 306 g/mol. The van der Waals surface area contributed by atoms with Crippen molar-refractivity contribution in [2.24, 2.45) is 0 Å². The predicted molar refractivity (Wildman–Crippen MR) is 77.4 cm³/mol. The van der Waals surface area contributed by atoms with Gasteiger partial charge in [0.15, 0.2) is 0 Å². The van der Waals surface area contributed by atoms with E-state index in [9.17, 15) is 0 Å². The van der Waals surface area contributed by atoms with Gasteiger partial charge in [-0.2, -0.15) is 4.98 Å². The Morgan fingerprint density at radius 3 is 2.61 bits per heavy atom. The lowest BCUT2D eigenvalue weighted by Crippen LogP contribution is -2.10. The third-order valence-corrected chi connectivity index (χ3v) is 3.24. The predicted octanol–water partition coefficient (Wildman–Crippen LogP) is 3.30. The van der Waals surface area contributed by atoms with Crippen LogP contribution in [-0.4, -0.2) is 9.97 Å². The molecule has 0 aliphatic rings. The molecule has 0 saturated heterocycles. The second kappa shape index (κ2) is 5.35. The Hall–Kier alpha value is -1.62. The quantitative estimate of drug-likeness (QED) is 0.913. The number of halogens is 1. The Kier molecular flexibility index (Phi) is 3.81. The van der Waals surface area contributed by atoms with Crippen LogP contribution < -0.4 is 11.1 Å². The smallest absolute Gasteiger partial charge is 0.221 e. The van der Waals surface area contributed by atoms with E-state index < -0.39 is 0 Å². The van der Waals surface area contributed by atoms with Crippen molar-refractivity contribution in [1.29, 1.82) is 0 Å². The molecule has 0 aliphatic carbocycles. The zero-order valence-electron chi connectivity index (χ0n) is 10.3. The Balaban J connectivity index is 2.18. The summed E-state index contributed by atoms with van der Waals surface area (Å²) in [5.41, 5.74) is 7.76. The summed E-state index contributed by atoms with van der Waals surface area (Å²) in [6.45, 7) is 4.04. The van der Waals surface area contributed by atoms with E-state index in [2.05, 4.69) is 50.3 Å². The summed E-state index contributed by atoms with van der Waals surface area (Å²) in [5, 5.41) is 3.34. The summed E-state index contributed by atoms with van der Waals surface area (Å²) in [6.07, 6.45) is 1.72. The number of aromatic nitrogens is 2. The average Bonchev–Trinajstić information content (AvgIpc) is 2.34. The molecule has 0 radical (unpaired) electrons. The first-order chi connectivity index (χ1) is 8.56. The lowest BCUT2D eigenvalue weighted by molar-refractivity contribution is 0.869. The van der Waals surface area contributed by atoms with Crippen LogP contribution in [0.2, 0.25) is 0 Å². The van der Waals surface area contributed by atoms with Gasteiger partial charge in [-0.1, -0.05) is 28.1 Å². The van der Waals surface area contributed by atoms with Crippen LogP contribution in [0.5, 0.6) is 0 Å². The highest BCUT2D eigenvalue weighted by Crippen LogP contribution is 2.21. The van der Waals surface area contributed by atoms with E-state index in [0.717, 1.165) is 15.9 Å². The first-order valence-electron chi connectivity index (χ1n) is 5.67. The Bertz CT molecular complexity index is 539. The number of hydrogen-bond acceptors (Lipinski definition) is 4. The van der Waals surface area contributed by atoms with E-state index in [0.29, 0.717) is 0 Å². The first-order valence-corrected chi connectivity index (χ1v) is 6.46. The molecule has 5 heteroatoms. The van der Waals surface area contributed by atoms with Gasteiger partial charge in [-0.25, -0.2) is 4.98 Å². The third kappa shape index (κ3) is 2.98. The van der Waals surface area contributed by atoms with E-state index in [-0.39, 0.29) is 12.0 Å². The van der Waals surface area contributed by atoms with Crippen molar-refractivity contribution in [3.63, 3.8) is 0 Å². The number of nitrogens with two attached hydrogens (primary N) is 1. The molecule has 0 saturated carbocycles. The van der Waals surface area contributed by atoms with Crippen LogP contribution in [0.25, 0.3) is 0 Å². The molecule has 1 aromatic heterocycles. The van der Waals surface area contributed by atoms with Gasteiger partial charge in [0.25, 0.3) is 0 Å². The zero-order valence-corrected chi connectivity index (χ0v) is 11.9. The number of aryl methyl sites for hydroxylation is 1. The molecule has 2 aromatic rings. The first kappa shape index (κ1) is 12.8. The second-order valence-corrected chi connectivity index (χ2v) is 5.09. The lowest BCUT2D eigenvalue weighted by atomic mass is 10.1. The van der Waals surface area contributed by atoms with Crippen LogP contribution in [0.1, 0.15) is 24.1 Å². The van der Waals surface area contributed by atoms with Gasteiger partial charge in [0.1, 0.15) is 5.82 Å². The molecule has 0 fully saturated rings. The van der Waals surface area contributed by atoms with Crippen molar-refractivity contribution >= 4 is 27.7 Å². The fourth-order valence-electron chi connectivity index (χ4n) is 1.64. The van der Waals surface area contributed by atoms with Gasteiger partial charge < -0.3 is 11.1 Å². The number of benzene rings is 1. The topological polar surface area (TPSA) is 63.8 Å². The molecule has 3 N–H and O–H groups in total. The Morgan fingerprint density at radius 1 is 1.28 bits per heavy atom. The largest absolute Gasteiger partial charge is 0.368 e. The summed E-state index contributed by atoms with van der Waals surface area (Å²) in [4.78, 5) is 8.15. The number of nitrogens with zero attached hydrogens (tertiary/aromatic N) is 2. The molecular weight excluding hydrogens is 292 g/mol.